The summed E-state index contributed by atoms with van der Waals surface area (Å²) < 4.78 is 0. The zero-order valence-corrected chi connectivity index (χ0v) is 18.8. The summed E-state index contributed by atoms with van der Waals surface area (Å²) in [6.07, 6.45) is 1.76. The second-order valence-corrected chi connectivity index (χ2v) is 8.55. The molecule has 0 saturated carbocycles. The third-order valence-electron chi connectivity index (χ3n) is 6.50. The van der Waals surface area contributed by atoms with Crippen molar-refractivity contribution in [3.8, 4) is 33.8 Å². The molecule has 7 rings (SSSR count). The molecule has 5 aromatic rings. The molecule has 2 aliphatic rings. The van der Waals surface area contributed by atoms with Crippen LogP contribution in [0, 0.1) is 0 Å². The van der Waals surface area contributed by atoms with Gasteiger partial charge in [0.2, 0.25) is 0 Å². The molecule has 0 unspecified atom stereocenters. The molecule has 0 heterocycles. The van der Waals surface area contributed by atoms with Gasteiger partial charge in [-0.25, -0.2) is 0 Å². The Balaban J connectivity index is 0.000000318. The average Bonchev–Trinajstić information content (AvgIpc) is 3.48. The molecule has 2 aliphatic carbocycles. The van der Waals surface area contributed by atoms with Crippen molar-refractivity contribution in [2.45, 2.75) is 12.8 Å². The van der Waals surface area contributed by atoms with Crippen molar-refractivity contribution in [2.24, 2.45) is 0 Å². The molecule has 0 bridgehead atoms. The largest absolute Gasteiger partial charge is 0.290 e. The summed E-state index contributed by atoms with van der Waals surface area (Å²) >= 11 is 0. The topological polar surface area (TPSA) is 18.5 Å². The fourth-order valence-electron chi connectivity index (χ4n) is 4.89. The molecule has 0 aromatic heterocycles. The summed E-state index contributed by atoms with van der Waals surface area (Å²) in [5.74, 6) is 1.59. The van der Waals surface area contributed by atoms with Crippen LogP contribution >= 0.6 is 0 Å². The Labute approximate surface area is 200 Å². The van der Waals surface area contributed by atoms with Gasteiger partial charge in [0.1, 0.15) is 0 Å². The van der Waals surface area contributed by atoms with Crippen molar-refractivity contribution < 1.29 is 9.78 Å². The molecule has 5 aromatic carbocycles. The Morgan fingerprint density at radius 2 is 0.735 bits per heavy atom. The third-order valence-corrected chi connectivity index (χ3v) is 6.50. The molecule has 0 saturated heterocycles. The van der Waals surface area contributed by atoms with E-state index in [0.29, 0.717) is 0 Å². The predicted octanol–water partition coefficient (Wildman–Crippen LogP) is 7.89. The minimum Gasteiger partial charge on any atom is -0.290 e. The minimum atomic E-state index is 0.793. The van der Waals surface area contributed by atoms with Crippen LogP contribution in [0.3, 0.4) is 0 Å². The van der Waals surface area contributed by atoms with Gasteiger partial charge in [-0.15, -0.1) is 0 Å². The van der Waals surface area contributed by atoms with Gasteiger partial charge in [-0.1, -0.05) is 109 Å². The van der Waals surface area contributed by atoms with Gasteiger partial charge in [0.05, 0.1) is 0 Å². The van der Waals surface area contributed by atoms with Gasteiger partial charge in [-0.05, 0) is 45.5 Å². The SMILES string of the molecule is c1ccc2c(c1)Cc1c(OOc3cccc4c3Cc3ccccc3-4)cccc1-2.c1ccccc1. The molecule has 0 atom stereocenters. The van der Waals surface area contributed by atoms with E-state index in [9.17, 15) is 0 Å². The first-order valence-electron chi connectivity index (χ1n) is 11.6. The molecule has 0 amide bonds. The van der Waals surface area contributed by atoms with Gasteiger partial charge < -0.3 is 0 Å². The normalized spacial score (nSPS) is 11.9. The standard InChI is InChI=1S/C26H18O2.C6H6/c1-3-9-19-17(7-1)15-23-21(19)11-5-13-25(23)27-28-26-14-6-12-22-20-10-4-2-8-18(20)16-24(22)26;1-2-4-6-5-3-1/h1-14H,15-16H2;1-6H. The van der Waals surface area contributed by atoms with Gasteiger partial charge in [-0.3, -0.25) is 9.78 Å². The fourth-order valence-corrected chi connectivity index (χ4v) is 4.89. The maximum absolute atomic E-state index is 5.89. The van der Waals surface area contributed by atoms with Crippen LogP contribution in [0.5, 0.6) is 11.5 Å². The lowest BCUT2D eigenvalue weighted by atomic mass is 10.1. The van der Waals surface area contributed by atoms with Gasteiger partial charge in [0.25, 0.3) is 0 Å². The fraction of sp³-hybridized carbons (Fsp3) is 0.0625. The van der Waals surface area contributed by atoms with Crippen LogP contribution in [0.15, 0.2) is 121 Å². The Morgan fingerprint density at radius 1 is 0.353 bits per heavy atom. The Hall–Kier alpha value is -4.30. The molecule has 0 spiro atoms. The summed E-state index contributed by atoms with van der Waals surface area (Å²) in [5.41, 5.74) is 10.1. The molecule has 164 valence electrons. The minimum absolute atomic E-state index is 0.793. The number of hydrogen-bond donors (Lipinski definition) is 0. The first-order chi connectivity index (χ1) is 16.9. The van der Waals surface area contributed by atoms with E-state index < -0.39 is 0 Å². The molecule has 2 nitrogen and oxygen atoms in total. The molecular weight excluding hydrogens is 416 g/mol. The first kappa shape index (κ1) is 20.3. The van der Waals surface area contributed by atoms with Gasteiger partial charge >= 0.3 is 0 Å². The number of rotatable bonds is 3. The average molecular weight is 441 g/mol. The lowest BCUT2D eigenvalue weighted by Crippen LogP contribution is -2.04. The second kappa shape index (κ2) is 8.92. The molecule has 0 N–H and O–H groups in total. The number of benzene rings is 5. The maximum Gasteiger partial charge on any atom is 0.182 e. The van der Waals surface area contributed by atoms with E-state index in [0.717, 1.165) is 24.3 Å². The van der Waals surface area contributed by atoms with Gasteiger partial charge in [0, 0.05) is 24.0 Å². The van der Waals surface area contributed by atoms with Crippen molar-refractivity contribution in [1.29, 1.82) is 0 Å². The van der Waals surface area contributed by atoms with Crippen LogP contribution in [0.4, 0.5) is 0 Å². The number of hydrogen-bond acceptors (Lipinski definition) is 2. The quantitative estimate of drug-likeness (QED) is 0.205. The highest BCUT2D eigenvalue weighted by atomic mass is 17.2. The highest BCUT2D eigenvalue weighted by Crippen LogP contribution is 2.43. The molecule has 0 aliphatic heterocycles. The van der Waals surface area contributed by atoms with Crippen LogP contribution in [0.25, 0.3) is 22.3 Å². The predicted molar refractivity (Wildman–Crippen MR) is 137 cm³/mol. The van der Waals surface area contributed by atoms with Crippen LogP contribution in [0.1, 0.15) is 22.3 Å². The molecular formula is C32H24O2. The lowest BCUT2D eigenvalue weighted by molar-refractivity contribution is -0.101. The maximum atomic E-state index is 5.89. The lowest BCUT2D eigenvalue weighted by Gasteiger charge is -2.12. The van der Waals surface area contributed by atoms with Crippen molar-refractivity contribution in [3.05, 3.63) is 144 Å². The Bertz CT molecular complexity index is 1330. The summed E-state index contributed by atoms with van der Waals surface area (Å²) in [6.45, 7) is 0. The van der Waals surface area contributed by atoms with Crippen LogP contribution < -0.4 is 9.78 Å². The molecule has 0 fully saturated rings. The van der Waals surface area contributed by atoms with Crippen molar-refractivity contribution in [1.82, 2.24) is 0 Å². The third kappa shape index (κ3) is 3.74. The highest BCUT2D eigenvalue weighted by Gasteiger charge is 2.24. The van der Waals surface area contributed by atoms with Crippen molar-refractivity contribution >= 4 is 0 Å². The monoisotopic (exact) mass is 440 g/mol. The molecule has 34 heavy (non-hydrogen) atoms. The molecule has 2 heteroatoms. The summed E-state index contributed by atoms with van der Waals surface area (Å²) in [4.78, 5) is 11.8. The Kier molecular flexibility index (Phi) is 5.33. The van der Waals surface area contributed by atoms with E-state index in [-0.39, 0.29) is 0 Å². The zero-order chi connectivity index (χ0) is 22.7. The highest BCUT2D eigenvalue weighted by molar-refractivity contribution is 5.80. The Morgan fingerprint density at radius 3 is 1.18 bits per heavy atom. The van der Waals surface area contributed by atoms with Gasteiger partial charge in [0.15, 0.2) is 11.5 Å². The summed E-state index contributed by atoms with van der Waals surface area (Å²) in [7, 11) is 0. The van der Waals surface area contributed by atoms with E-state index in [1.54, 1.807) is 0 Å². The van der Waals surface area contributed by atoms with E-state index in [4.69, 9.17) is 9.78 Å². The smallest absolute Gasteiger partial charge is 0.182 e. The summed E-state index contributed by atoms with van der Waals surface area (Å²) in [5, 5.41) is 0. The first-order valence-corrected chi connectivity index (χ1v) is 11.6. The van der Waals surface area contributed by atoms with E-state index in [1.165, 1.54) is 44.5 Å². The van der Waals surface area contributed by atoms with Crippen molar-refractivity contribution in [3.63, 3.8) is 0 Å². The summed E-state index contributed by atoms with van der Waals surface area (Å²) in [6, 6.07) is 41.4. The van der Waals surface area contributed by atoms with Crippen LogP contribution in [-0.2, 0) is 12.8 Å². The van der Waals surface area contributed by atoms with Crippen LogP contribution in [-0.4, -0.2) is 0 Å². The second-order valence-electron chi connectivity index (χ2n) is 8.55. The van der Waals surface area contributed by atoms with E-state index in [2.05, 4.69) is 60.7 Å². The van der Waals surface area contributed by atoms with Crippen LogP contribution in [0.2, 0.25) is 0 Å². The zero-order valence-electron chi connectivity index (χ0n) is 18.8. The van der Waals surface area contributed by atoms with Gasteiger partial charge in [-0.2, -0.15) is 0 Å². The van der Waals surface area contributed by atoms with E-state index >= 15 is 0 Å². The number of fused-ring (bicyclic) bond motifs is 6. The van der Waals surface area contributed by atoms with Crippen molar-refractivity contribution in [2.75, 3.05) is 0 Å². The van der Waals surface area contributed by atoms with E-state index in [1.807, 2.05) is 60.7 Å². The molecule has 0 radical (unpaired) electrons.